The molecule has 0 unspecified atom stereocenters. The van der Waals surface area contributed by atoms with Gasteiger partial charge in [0.05, 0.1) is 0 Å². The first-order valence-electron chi connectivity index (χ1n) is 14.3. The summed E-state index contributed by atoms with van der Waals surface area (Å²) in [5.74, 6) is 0. The SMILES string of the molecule is CCCCCCCCCCCN=C(N)SC.CCCCCCCCCCCN=C(N)SC.COP(O)O. The quantitative estimate of drug-likeness (QED) is 0.0463. The minimum Gasteiger partial charge on any atom is -0.379 e. The molecule has 0 bridgehead atoms. The van der Waals surface area contributed by atoms with Crippen molar-refractivity contribution in [2.45, 2.75) is 129 Å². The Bertz CT molecular complexity index is 451. The van der Waals surface area contributed by atoms with Gasteiger partial charge in [0.25, 0.3) is 0 Å². The molecule has 0 radical (unpaired) electrons. The van der Waals surface area contributed by atoms with E-state index in [-0.39, 0.29) is 0 Å². The average molecular weight is 585 g/mol. The summed E-state index contributed by atoms with van der Waals surface area (Å²) in [5.41, 5.74) is 11.2. The summed E-state index contributed by atoms with van der Waals surface area (Å²) in [6.07, 6.45) is 28.4. The number of nitrogens with zero attached hydrogens (tertiary/aromatic N) is 2. The van der Waals surface area contributed by atoms with Gasteiger partial charge in [0, 0.05) is 20.2 Å². The van der Waals surface area contributed by atoms with Crippen molar-refractivity contribution in [2.24, 2.45) is 21.5 Å². The molecule has 37 heavy (non-hydrogen) atoms. The Labute approximate surface area is 239 Å². The summed E-state index contributed by atoms with van der Waals surface area (Å²) in [4.78, 5) is 24.0. The zero-order valence-electron chi connectivity index (χ0n) is 24.8. The first-order chi connectivity index (χ1) is 17.9. The summed E-state index contributed by atoms with van der Waals surface area (Å²) in [7, 11) is -0.870. The highest BCUT2D eigenvalue weighted by molar-refractivity contribution is 8.13. The highest BCUT2D eigenvalue weighted by Gasteiger charge is 1.93. The Morgan fingerprint density at radius 1 is 0.595 bits per heavy atom. The lowest BCUT2D eigenvalue weighted by Crippen LogP contribution is -2.06. The van der Waals surface area contributed by atoms with Crippen LogP contribution in [-0.4, -0.2) is 52.8 Å². The van der Waals surface area contributed by atoms with Gasteiger partial charge in [-0.3, -0.25) is 9.98 Å². The van der Waals surface area contributed by atoms with Crippen molar-refractivity contribution < 1.29 is 14.3 Å². The zero-order chi connectivity index (χ0) is 28.4. The maximum atomic E-state index is 7.76. The molecular weight excluding hydrogens is 523 g/mol. The van der Waals surface area contributed by atoms with Crippen LogP contribution >= 0.6 is 32.1 Å². The molecule has 0 spiro atoms. The molecule has 0 aromatic carbocycles. The Morgan fingerprint density at radius 3 is 1.05 bits per heavy atom. The lowest BCUT2D eigenvalue weighted by Gasteiger charge is -2.01. The van der Waals surface area contributed by atoms with Crippen LogP contribution in [0.5, 0.6) is 0 Å². The second-order valence-electron chi connectivity index (χ2n) is 8.94. The highest BCUT2D eigenvalue weighted by Crippen LogP contribution is 2.20. The Morgan fingerprint density at radius 2 is 0.838 bits per heavy atom. The van der Waals surface area contributed by atoms with Gasteiger partial charge in [0.15, 0.2) is 10.3 Å². The second kappa shape index (κ2) is 38.1. The molecule has 0 aromatic rings. The van der Waals surface area contributed by atoms with Crippen LogP contribution in [0.2, 0.25) is 0 Å². The largest absolute Gasteiger partial charge is 0.379 e. The lowest BCUT2D eigenvalue weighted by atomic mass is 10.1. The van der Waals surface area contributed by atoms with E-state index >= 15 is 0 Å². The molecular formula is C27H61N4O3PS2. The molecule has 0 fully saturated rings. The summed E-state index contributed by atoms with van der Waals surface area (Å²) in [6.45, 7) is 6.34. The predicted octanol–water partition coefficient (Wildman–Crippen LogP) is 8.23. The van der Waals surface area contributed by atoms with E-state index in [9.17, 15) is 0 Å². The van der Waals surface area contributed by atoms with E-state index in [0.29, 0.717) is 0 Å². The van der Waals surface area contributed by atoms with Gasteiger partial charge < -0.3 is 25.8 Å². The molecule has 224 valence electrons. The third-order valence-corrected chi connectivity index (χ3v) is 7.06. The molecule has 0 aliphatic rings. The molecule has 0 aliphatic carbocycles. The fraction of sp³-hybridized carbons (Fsp3) is 0.926. The van der Waals surface area contributed by atoms with Crippen molar-refractivity contribution in [3.63, 3.8) is 0 Å². The van der Waals surface area contributed by atoms with Crippen LogP contribution in [0.3, 0.4) is 0 Å². The van der Waals surface area contributed by atoms with Crippen molar-refractivity contribution in [1.29, 1.82) is 0 Å². The number of aliphatic imine (C=N–C) groups is 2. The summed E-state index contributed by atoms with van der Waals surface area (Å²) in [5, 5.41) is 1.44. The summed E-state index contributed by atoms with van der Waals surface area (Å²) < 4.78 is 3.93. The van der Waals surface area contributed by atoms with E-state index in [1.807, 2.05) is 12.5 Å². The van der Waals surface area contributed by atoms with Crippen molar-refractivity contribution >= 4 is 42.5 Å². The van der Waals surface area contributed by atoms with Gasteiger partial charge in [0.1, 0.15) is 0 Å². The van der Waals surface area contributed by atoms with Crippen LogP contribution in [0.1, 0.15) is 129 Å². The van der Waals surface area contributed by atoms with Crippen molar-refractivity contribution in [3.05, 3.63) is 0 Å². The van der Waals surface area contributed by atoms with Crippen LogP contribution in [0.4, 0.5) is 0 Å². The molecule has 0 rings (SSSR count). The number of nitrogens with two attached hydrogens (primary N) is 2. The number of rotatable bonds is 21. The minimum atomic E-state index is -2.10. The van der Waals surface area contributed by atoms with E-state index < -0.39 is 8.60 Å². The molecule has 0 heterocycles. The fourth-order valence-electron chi connectivity index (χ4n) is 3.35. The first-order valence-corrected chi connectivity index (χ1v) is 17.9. The molecule has 10 heteroatoms. The fourth-order valence-corrected chi connectivity index (χ4v) is 3.79. The molecule has 6 N–H and O–H groups in total. The van der Waals surface area contributed by atoms with Crippen molar-refractivity contribution in [3.8, 4) is 0 Å². The molecule has 0 saturated heterocycles. The Balaban J connectivity index is -0.000000528. The van der Waals surface area contributed by atoms with Crippen LogP contribution in [0, 0.1) is 0 Å². The molecule has 0 amide bonds. The van der Waals surface area contributed by atoms with Gasteiger partial charge in [0.2, 0.25) is 0 Å². The first kappa shape index (κ1) is 41.4. The number of hydrogen-bond acceptors (Lipinski definition) is 7. The Kier molecular flexibility index (Phi) is 42.7. The minimum absolute atomic E-state index is 0.722. The highest BCUT2D eigenvalue weighted by atomic mass is 32.2. The molecule has 7 nitrogen and oxygen atoms in total. The normalized spacial score (nSPS) is 11.7. The van der Waals surface area contributed by atoms with Gasteiger partial charge in [-0.05, 0) is 25.4 Å². The van der Waals surface area contributed by atoms with Crippen molar-refractivity contribution in [2.75, 3.05) is 32.7 Å². The number of amidine groups is 2. The van der Waals surface area contributed by atoms with Gasteiger partial charge >= 0.3 is 8.60 Å². The number of hydrogen-bond donors (Lipinski definition) is 4. The topological polar surface area (TPSA) is 126 Å². The molecule has 0 aromatic heterocycles. The van der Waals surface area contributed by atoms with Crippen LogP contribution in [0.25, 0.3) is 0 Å². The van der Waals surface area contributed by atoms with E-state index in [4.69, 9.17) is 21.3 Å². The van der Waals surface area contributed by atoms with E-state index in [1.54, 1.807) is 0 Å². The van der Waals surface area contributed by atoms with E-state index in [0.717, 1.165) is 23.4 Å². The van der Waals surface area contributed by atoms with Crippen molar-refractivity contribution in [1.82, 2.24) is 0 Å². The third kappa shape index (κ3) is 46.2. The van der Waals surface area contributed by atoms with Crippen LogP contribution < -0.4 is 11.5 Å². The molecule has 0 saturated carbocycles. The smallest absolute Gasteiger partial charge is 0.326 e. The number of thioether (sulfide) groups is 2. The zero-order valence-corrected chi connectivity index (χ0v) is 27.3. The number of unbranched alkanes of at least 4 members (excludes halogenated alkanes) is 16. The standard InChI is InChI=1S/2C13H28N2S.CH5O3P/c2*1-3-4-5-6-7-8-9-10-11-12-15-13(14)16-2;1-4-5(2)3/h2*3-12H2,1-2H3,(H2,14,15);2-3H,1H3. The average Bonchev–Trinajstić information content (AvgIpc) is 2.91. The maximum absolute atomic E-state index is 7.76. The van der Waals surface area contributed by atoms with Gasteiger partial charge in [-0.15, -0.1) is 0 Å². The van der Waals surface area contributed by atoms with Gasteiger partial charge in [-0.1, -0.05) is 140 Å². The molecule has 0 atom stereocenters. The molecule has 0 aliphatic heterocycles. The van der Waals surface area contributed by atoms with Gasteiger partial charge in [-0.25, -0.2) is 0 Å². The third-order valence-electron chi connectivity index (χ3n) is 5.64. The summed E-state index contributed by atoms with van der Waals surface area (Å²) >= 11 is 3.06. The van der Waals surface area contributed by atoms with Crippen LogP contribution in [0.15, 0.2) is 9.98 Å². The lowest BCUT2D eigenvalue weighted by molar-refractivity contribution is 0.310. The Hall–Kier alpha value is -0.0500. The predicted molar refractivity (Wildman–Crippen MR) is 173 cm³/mol. The monoisotopic (exact) mass is 584 g/mol. The van der Waals surface area contributed by atoms with Crippen LogP contribution in [-0.2, 0) is 4.52 Å². The van der Waals surface area contributed by atoms with E-state index in [1.165, 1.54) is 146 Å². The van der Waals surface area contributed by atoms with Gasteiger partial charge in [-0.2, -0.15) is 0 Å². The maximum Gasteiger partial charge on any atom is 0.326 e. The summed E-state index contributed by atoms with van der Waals surface area (Å²) in [6, 6.07) is 0. The second-order valence-corrected chi connectivity index (χ2v) is 11.5. The van der Waals surface area contributed by atoms with E-state index in [2.05, 4.69) is 28.4 Å².